The van der Waals surface area contributed by atoms with Crippen molar-refractivity contribution in [3.05, 3.63) is 24.3 Å². The average molecular weight is 697 g/mol. The molecule has 0 amide bonds. The van der Waals surface area contributed by atoms with Crippen LogP contribution in [-0.4, -0.2) is 95.1 Å². The molecule has 0 unspecified atom stereocenters. The molecular weight excluding hydrogens is 616 g/mol. The third-order valence-corrected chi connectivity index (χ3v) is 8.57. The number of unbranched alkanes of at least 4 members (excludes halogenated alkanes) is 12. The Kier molecular flexibility index (Phi) is 40.1. The highest BCUT2D eigenvalue weighted by Crippen LogP contribution is 2.12. The van der Waals surface area contributed by atoms with Crippen LogP contribution in [0.3, 0.4) is 0 Å². The van der Waals surface area contributed by atoms with Crippen LogP contribution in [0.15, 0.2) is 24.3 Å². The number of nitrogens with zero attached hydrogens (tertiary/aromatic N) is 1. The predicted molar refractivity (Wildman–Crippen MR) is 206 cm³/mol. The number of nitrogens with one attached hydrogen (secondary N) is 1. The number of aliphatic hydroxyl groups is 1. The second kappa shape index (κ2) is 41.1. The number of ether oxygens (including phenoxy) is 4. The van der Waals surface area contributed by atoms with Crippen LogP contribution in [0.5, 0.6) is 0 Å². The van der Waals surface area contributed by atoms with Crippen molar-refractivity contribution in [3.8, 4) is 0 Å². The minimum atomic E-state index is -0.340. The highest BCUT2D eigenvalue weighted by Gasteiger charge is 2.13. The summed E-state index contributed by atoms with van der Waals surface area (Å²) in [6.07, 6.45) is 31.9. The number of allylic oxidation sites excluding steroid dienone is 4. The van der Waals surface area contributed by atoms with E-state index in [1.54, 1.807) is 7.11 Å². The quantitative estimate of drug-likeness (QED) is 0.0284. The van der Waals surface area contributed by atoms with Crippen molar-refractivity contribution in [2.45, 2.75) is 161 Å². The zero-order chi connectivity index (χ0) is 35.7. The number of rotatable bonds is 40. The number of hydrogen-bond acceptors (Lipinski definition) is 8. The second-order valence-electron chi connectivity index (χ2n) is 13.2. The Morgan fingerprint density at radius 1 is 0.633 bits per heavy atom. The van der Waals surface area contributed by atoms with Gasteiger partial charge in [0.15, 0.2) is 6.29 Å². The number of aliphatic hydroxyl groups excluding tert-OH is 1. The van der Waals surface area contributed by atoms with Gasteiger partial charge in [-0.25, -0.2) is 0 Å². The molecule has 8 nitrogen and oxygen atoms in total. The highest BCUT2D eigenvalue weighted by molar-refractivity contribution is 5.69. The topological polar surface area (TPSA) is 89.5 Å². The molecule has 0 aromatic rings. The molecule has 0 heterocycles. The standard InChI is InChI=1S/C41H80N2O6/c1-4-6-8-10-17-24-38-48-41(49-39-25-18-11-9-7-5-2)29-28-40(45)47-37-23-19-13-15-21-33-43(34-26-30-42-31-27-35-44)32-20-14-12-16-22-36-46-3/h6-9,41-42,44H,4-5,10-39H2,1-3H3/b8-6-,9-7-. The minimum Gasteiger partial charge on any atom is -0.466 e. The zero-order valence-electron chi connectivity index (χ0n) is 32.4. The van der Waals surface area contributed by atoms with Crippen molar-refractivity contribution < 1.29 is 28.8 Å². The van der Waals surface area contributed by atoms with Crippen molar-refractivity contribution in [3.63, 3.8) is 0 Å². The van der Waals surface area contributed by atoms with E-state index in [1.165, 1.54) is 57.9 Å². The molecule has 0 rings (SSSR count). The zero-order valence-corrected chi connectivity index (χ0v) is 32.4. The van der Waals surface area contributed by atoms with E-state index in [1.807, 2.05) is 0 Å². The summed E-state index contributed by atoms with van der Waals surface area (Å²) in [4.78, 5) is 15.1. The van der Waals surface area contributed by atoms with Gasteiger partial charge in [-0.05, 0) is 123 Å². The number of esters is 1. The lowest BCUT2D eigenvalue weighted by molar-refractivity contribution is -0.159. The lowest BCUT2D eigenvalue weighted by atomic mass is 10.1. The van der Waals surface area contributed by atoms with Crippen LogP contribution in [0, 0.1) is 0 Å². The summed E-state index contributed by atoms with van der Waals surface area (Å²) < 4.78 is 22.8. The predicted octanol–water partition coefficient (Wildman–Crippen LogP) is 9.15. The van der Waals surface area contributed by atoms with Crippen molar-refractivity contribution in [1.82, 2.24) is 10.2 Å². The molecule has 0 saturated heterocycles. The first-order chi connectivity index (χ1) is 24.2. The molecule has 0 bridgehead atoms. The van der Waals surface area contributed by atoms with Gasteiger partial charge in [0.1, 0.15) is 0 Å². The monoisotopic (exact) mass is 697 g/mol. The SMILES string of the molecule is CC/C=C\CCCCOC(CCC(=O)OCCCCCCCN(CCCCCCCOC)CCCNCCCO)OCCCC/C=C\CC. The Morgan fingerprint density at radius 2 is 1.14 bits per heavy atom. The van der Waals surface area contributed by atoms with Gasteiger partial charge < -0.3 is 34.3 Å². The van der Waals surface area contributed by atoms with E-state index in [0.717, 1.165) is 110 Å². The van der Waals surface area contributed by atoms with Gasteiger partial charge in [0, 0.05) is 40.0 Å². The van der Waals surface area contributed by atoms with Crippen LogP contribution >= 0.6 is 0 Å². The summed E-state index contributed by atoms with van der Waals surface area (Å²) in [5, 5.41) is 12.4. The van der Waals surface area contributed by atoms with Crippen LogP contribution in [0.1, 0.15) is 155 Å². The molecule has 49 heavy (non-hydrogen) atoms. The molecule has 0 aliphatic carbocycles. The maximum absolute atomic E-state index is 12.5. The molecule has 0 saturated carbocycles. The van der Waals surface area contributed by atoms with Crippen LogP contribution in [-0.2, 0) is 23.7 Å². The largest absolute Gasteiger partial charge is 0.466 e. The third kappa shape index (κ3) is 37.8. The van der Waals surface area contributed by atoms with E-state index in [2.05, 4.69) is 48.4 Å². The minimum absolute atomic E-state index is 0.146. The van der Waals surface area contributed by atoms with Gasteiger partial charge in [0.2, 0.25) is 0 Å². The Morgan fingerprint density at radius 3 is 1.71 bits per heavy atom. The normalized spacial score (nSPS) is 12.0. The number of hydrogen-bond donors (Lipinski definition) is 2. The fourth-order valence-electron chi connectivity index (χ4n) is 5.61. The maximum Gasteiger partial charge on any atom is 0.305 e. The maximum atomic E-state index is 12.5. The van der Waals surface area contributed by atoms with Crippen molar-refractivity contribution in [1.29, 1.82) is 0 Å². The molecule has 2 N–H and O–H groups in total. The molecule has 0 aliphatic rings. The van der Waals surface area contributed by atoms with Gasteiger partial charge in [0.25, 0.3) is 0 Å². The van der Waals surface area contributed by atoms with Gasteiger partial charge in [-0.2, -0.15) is 0 Å². The van der Waals surface area contributed by atoms with Crippen LogP contribution < -0.4 is 5.32 Å². The summed E-state index contributed by atoms with van der Waals surface area (Å²) in [7, 11) is 1.78. The van der Waals surface area contributed by atoms with Gasteiger partial charge >= 0.3 is 5.97 Å². The molecule has 0 radical (unpaired) electrons. The molecule has 0 aromatic carbocycles. The molecule has 8 heteroatoms. The van der Waals surface area contributed by atoms with E-state index in [9.17, 15) is 4.79 Å². The van der Waals surface area contributed by atoms with E-state index in [-0.39, 0.29) is 18.9 Å². The lowest BCUT2D eigenvalue weighted by Crippen LogP contribution is -2.30. The first kappa shape index (κ1) is 47.7. The van der Waals surface area contributed by atoms with Crippen molar-refractivity contribution in [2.24, 2.45) is 0 Å². The first-order valence-corrected chi connectivity index (χ1v) is 20.4. The summed E-state index contributed by atoms with van der Waals surface area (Å²) in [5.74, 6) is -0.146. The second-order valence-corrected chi connectivity index (χ2v) is 13.2. The average Bonchev–Trinajstić information content (AvgIpc) is 3.11. The Labute approximate surface area is 303 Å². The molecule has 0 atom stereocenters. The number of methoxy groups -OCH3 is 1. The first-order valence-electron chi connectivity index (χ1n) is 20.4. The van der Waals surface area contributed by atoms with Gasteiger partial charge in [0.05, 0.1) is 13.0 Å². The van der Waals surface area contributed by atoms with Crippen molar-refractivity contribution in [2.75, 3.05) is 72.9 Å². The Bertz CT molecular complexity index is 696. The molecule has 0 spiro atoms. The number of carbonyl (C=O) groups is 1. The lowest BCUT2D eigenvalue weighted by Gasteiger charge is -2.22. The highest BCUT2D eigenvalue weighted by atomic mass is 16.7. The van der Waals surface area contributed by atoms with E-state index in [4.69, 9.17) is 24.1 Å². The molecule has 0 aliphatic heterocycles. The Hall–Kier alpha value is -1.29. The molecule has 290 valence electrons. The molecule has 0 fully saturated rings. The van der Waals surface area contributed by atoms with Crippen LogP contribution in [0.25, 0.3) is 0 Å². The summed E-state index contributed by atoms with van der Waals surface area (Å²) in [6, 6.07) is 0. The summed E-state index contributed by atoms with van der Waals surface area (Å²) in [6.45, 7) is 12.7. The Balaban J connectivity index is 4.21. The molecule has 0 aromatic heterocycles. The molecular formula is C41H80N2O6. The van der Waals surface area contributed by atoms with Gasteiger partial charge in [-0.3, -0.25) is 4.79 Å². The number of carbonyl (C=O) groups excluding carboxylic acids is 1. The smallest absolute Gasteiger partial charge is 0.305 e. The van der Waals surface area contributed by atoms with E-state index in [0.29, 0.717) is 32.7 Å². The third-order valence-electron chi connectivity index (χ3n) is 8.57. The summed E-state index contributed by atoms with van der Waals surface area (Å²) >= 11 is 0. The van der Waals surface area contributed by atoms with E-state index < -0.39 is 0 Å². The van der Waals surface area contributed by atoms with E-state index >= 15 is 0 Å². The van der Waals surface area contributed by atoms with Crippen LogP contribution in [0.4, 0.5) is 0 Å². The fourth-order valence-corrected chi connectivity index (χ4v) is 5.61. The van der Waals surface area contributed by atoms with Crippen LogP contribution in [0.2, 0.25) is 0 Å². The van der Waals surface area contributed by atoms with Crippen molar-refractivity contribution >= 4 is 5.97 Å². The fraction of sp³-hybridized carbons (Fsp3) is 0.878. The summed E-state index contributed by atoms with van der Waals surface area (Å²) in [5.41, 5.74) is 0. The van der Waals surface area contributed by atoms with Gasteiger partial charge in [-0.15, -0.1) is 0 Å². The van der Waals surface area contributed by atoms with Gasteiger partial charge in [-0.1, -0.05) is 76.7 Å².